The predicted octanol–water partition coefficient (Wildman–Crippen LogP) is 0.590. The lowest BCUT2D eigenvalue weighted by molar-refractivity contribution is 0.0240. The molecule has 0 radical (unpaired) electrons. The molecule has 0 spiro atoms. The van der Waals surface area contributed by atoms with Crippen LogP contribution in [0.25, 0.3) is 0 Å². The average molecular weight is 205 g/mol. The molecular formula is C11H15N3O. The van der Waals surface area contributed by atoms with E-state index in [4.69, 9.17) is 0 Å². The topological polar surface area (TPSA) is 47.9 Å². The van der Waals surface area contributed by atoms with Gasteiger partial charge in [-0.3, -0.25) is 10.3 Å². The van der Waals surface area contributed by atoms with Gasteiger partial charge in [0.1, 0.15) is 0 Å². The summed E-state index contributed by atoms with van der Waals surface area (Å²) in [4.78, 5) is 0. The van der Waals surface area contributed by atoms with E-state index < -0.39 is 6.35 Å². The Morgan fingerprint density at radius 1 is 1.47 bits per heavy atom. The maximum atomic E-state index is 9.54. The molecule has 1 fully saturated rings. The fraction of sp³-hybridized carbons (Fsp3) is 0.364. The number of aliphatic hydroxyl groups is 1. The van der Waals surface area contributed by atoms with E-state index in [0.29, 0.717) is 0 Å². The van der Waals surface area contributed by atoms with Crippen LogP contribution in [0.2, 0.25) is 0 Å². The fourth-order valence-corrected chi connectivity index (χ4v) is 1.56. The Morgan fingerprint density at radius 2 is 2.20 bits per heavy atom. The van der Waals surface area contributed by atoms with E-state index in [1.165, 1.54) is 0 Å². The zero-order valence-electron chi connectivity index (χ0n) is 8.67. The lowest BCUT2D eigenvalue weighted by Crippen LogP contribution is -2.32. The summed E-state index contributed by atoms with van der Waals surface area (Å²) in [6.07, 6.45) is 1.09. The molecule has 0 saturated carbocycles. The molecule has 2 atom stereocenters. The first kappa shape index (κ1) is 10.1. The summed E-state index contributed by atoms with van der Waals surface area (Å²) in [7, 11) is 0. The number of hydrogen-bond donors (Lipinski definition) is 2. The molecule has 1 saturated heterocycles. The van der Waals surface area contributed by atoms with Crippen molar-refractivity contribution in [3.63, 3.8) is 0 Å². The van der Waals surface area contributed by atoms with Gasteiger partial charge in [-0.25, -0.2) is 0 Å². The number of nitrogens with one attached hydrogen (secondary N) is 1. The molecule has 4 heteroatoms. The van der Waals surface area contributed by atoms with Crippen molar-refractivity contribution in [2.75, 3.05) is 6.54 Å². The number of rotatable bonds is 2. The van der Waals surface area contributed by atoms with Crippen molar-refractivity contribution in [3.8, 4) is 0 Å². The number of benzene rings is 1. The van der Waals surface area contributed by atoms with E-state index in [1.54, 1.807) is 11.2 Å². The maximum absolute atomic E-state index is 9.54. The Morgan fingerprint density at radius 3 is 2.80 bits per heavy atom. The van der Waals surface area contributed by atoms with Crippen molar-refractivity contribution in [3.05, 3.63) is 35.9 Å². The van der Waals surface area contributed by atoms with Gasteiger partial charge in [-0.05, 0) is 12.5 Å². The number of hydrazone groups is 1. The lowest BCUT2D eigenvalue weighted by Gasteiger charge is -2.14. The Kier molecular flexibility index (Phi) is 2.99. The maximum Gasteiger partial charge on any atom is 0.199 e. The molecule has 0 bridgehead atoms. The fourth-order valence-electron chi connectivity index (χ4n) is 1.56. The molecule has 4 nitrogen and oxygen atoms in total. The minimum Gasteiger partial charge on any atom is -0.360 e. The first-order chi connectivity index (χ1) is 7.25. The Bertz CT molecular complexity index is 339. The second-order valence-corrected chi connectivity index (χ2v) is 3.72. The van der Waals surface area contributed by atoms with Gasteiger partial charge in [0.25, 0.3) is 0 Å². The van der Waals surface area contributed by atoms with Crippen molar-refractivity contribution >= 4 is 6.21 Å². The summed E-state index contributed by atoms with van der Waals surface area (Å²) in [6, 6.07) is 10.1. The summed E-state index contributed by atoms with van der Waals surface area (Å²) >= 11 is 0. The van der Waals surface area contributed by atoms with E-state index in [9.17, 15) is 5.11 Å². The zero-order valence-corrected chi connectivity index (χ0v) is 8.67. The summed E-state index contributed by atoms with van der Waals surface area (Å²) in [5, 5.41) is 18.4. The molecule has 0 aromatic heterocycles. The van der Waals surface area contributed by atoms with Gasteiger partial charge < -0.3 is 5.11 Å². The van der Waals surface area contributed by atoms with Gasteiger partial charge in [-0.2, -0.15) is 5.10 Å². The molecule has 1 unspecified atom stereocenters. The number of nitrogens with zero attached hydrogens (tertiary/aromatic N) is 2. The molecular weight excluding hydrogens is 190 g/mol. The van der Waals surface area contributed by atoms with E-state index >= 15 is 0 Å². The number of hydrogen-bond acceptors (Lipinski definition) is 4. The highest BCUT2D eigenvalue weighted by Crippen LogP contribution is 2.06. The van der Waals surface area contributed by atoms with Crippen molar-refractivity contribution < 1.29 is 5.11 Å². The third kappa shape index (κ3) is 2.55. The largest absolute Gasteiger partial charge is 0.360 e. The Hall–Kier alpha value is -1.39. The Balaban J connectivity index is 2.00. The molecule has 0 amide bonds. The molecule has 1 aromatic carbocycles. The molecule has 1 heterocycles. The van der Waals surface area contributed by atoms with Crippen LogP contribution in [0.4, 0.5) is 0 Å². The molecule has 1 aliphatic rings. The highest BCUT2D eigenvalue weighted by atomic mass is 16.3. The third-order valence-electron chi connectivity index (χ3n) is 2.33. The van der Waals surface area contributed by atoms with Crippen LogP contribution < -0.4 is 5.32 Å². The van der Waals surface area contributed by atoms with Crippen molar-refractivity contribution in [2.45, 2.75) is 19.3 Å². The molecule has 0 aliphatic carbocycles. The highest BCUT2D eigenvalue weighted by molar-refractivity contribution is 5.79. The van der Waals surface area contributed by atoms with Crippen LogP contribution in [0.5, 0.6) is 0 Å². The van der Waals surface area contributed by atoms with E-state index in [2.05, 4.69) is 10.4 Å². The molecule has 80 valence electrons. The zero-order chi connectivity index (χ0) is 10.7. The predicted molar refractivity (Wildman–Crippen MR) is 59.3 cm³/mol. The summed E-state index contributed by atoms with van der Waals surface area (Å²) in [5.74, 6) is 0. The first-order valence-electron chi connectivity index (χ1n) is 5.05. The number of aliphatic hydroxyl groups excluding tert-OH is 1. The van der Waals surface area contributed by atoms with Crippen LogP contribution in [0, 0.1) is 0 Å². The summed E-state index contributed by atoms with van der Waals surface area (Å²) in [5.41, 5.74) is 1.03. The average Bonchev–Trinajstić information content (AvgIpc) is 2.56. The van der Waals surface area contributed by atoms with Crippen LogP contribution in [0.15, 0.2) is 35.4 Å². The monoisotopic (exact) mass is 205 g/mol. The van der Waals surface area contributed by atoms with Crippen LogP contribution in [0.1, 0.15) is 12.5 Å². The minimum atomic E-state index is -0.667. The van der Waals surface area contributed by atoms with Crippen molar-refractivity contribution in [2.24, 2.45) is 5.10 Å². The quantitative estimate of drug-likeness (QED) is 0.695. The van der Waals surface area contributed by atoms with Gasteiger partial charge in [0.2, 0.25) is 0 Å². The Labute approximate surface area is 89.2 Å². The first-order valence-corrected chi connectivity index (χ1v) is 5.05. The smallest absolute Gasteiger partial charge is 0.199 e. The van der Waals surface area contributed by atoms with Crippen molar-refractivity contribution in [1.29, 1.82) is 0 Å². The van der Waals surface area contributed by atoms with Crippen LogP contribution >= 0.6 is 0 Å². The summed E-state index contributed by atoms with van der Waals surface area (Å²) in [6.45, 7) is 2.74. The van der Waals surface area contributed by atoms with E-state index in [0.717, 1.165) is 12.1 Å². The van der Waals surface area contributed by atoms with Gasteiger partial charge in [-0.15, -0.1) is 0 Å². The van der Waals surface area contributed by atoms with Crippen molar-refractivity contribution in [1.82, 2.24) is 10.3 Å². The minimum absolute atomic E-state index is 0.271. The molecule has 1 aromatic rings. The standard InChI is InChI=1S/C11H15N3O/c1-9-8-14(11(15)13-9)12-7-10-5-3-2-4-6-10/h2-7,9,11,13,15H,8H2,1H3/b12-7+/t9-,11?/m0/s1. The molecule has 2 N–H and O–H groups in total. The third-order valence-corrected chi connectivity index (χ3v) is 2.33. The highest BCUT2D eigenvalue weighted by Gasteiger charge is 2.24. The van der Waals surface area contributed by atoms with Gasteiger partial charge in [0.05, 0.1) is 12.8 Å². The van der Waals surface area contributed by atoms with Crippen LogP contribution in [-0.4, -0.2) is 35.3 Å². The molecule has 2 rings (SSSR count). The summed E-state index contributed by atoms with van der Waals surface area (Å²) < 4.78 is 0. The van der Waals surface area contributed by atoms with Crippen LogP contribution in [0.3, 0.4) is 0 Å². The second kappa shape index (κ2) is 4.42. The van der Waals surface area contributed by atoms with Gasteiger partial charge in [0.15, 0.2) is 6.35 Å². The molecule has 1 aliphatic heterocycles. The van der Waals surface area contributed by atoms with E-state index in [1.807, 2.05) is 37.3 Å². The normalized spacial score (nSPS) is 26.4. The second-order valence-electron chi connectivity index (χ2n) is 3.72. The van der Waals surface area contributed by atoms with Gasteiger partial charge in [-0.1, -0.05) is 30.3 Å². The van der Waals surface area contributed by atoms with Crippen LogP contribution in [-0.2, 0) is 0 Å². The van der Waals surface area contributed by atoms with Gasteiger partial charge in [0, 0.05) is 6.04 Å². The lowest BCUT2D eigenvalue weighted by atomic mass is 10.2. The van der Waals surface area contributed by atoms with E-state index in [-0.39, 0.29) is 6.04 Å². The SMILES string of the molecule is C[C@H]1CN(/N=C/c2ccccc2)C(O)N1. The molecule has 15 heavy (non-hydrogen) atoms. The van der Waals surface area contributed by atoms with Gasteiger partial charge >= 0.3 is 0 Å².